The predicted molar refractivity (Wildman–Crippen MR) is 246 cm³/mol. The second-order valence-corrected chi connectivity index (χ2v) is 20.1. The van der Waals surface area contributed by atoms with Crippen molar-refractivity contribution < 1.29 is 18.9 Å². The maximum Gasteiger partial charge on any atom is 0.220 e. The quantitative estimate of drug-likeness (QED) is 0.101. The number of hydrogen-bond acceptors (Lipinski definition) is 12. The molecule has 0 aliphatic heterocycles. The Hall–Kier alpha value is -2.16. The molecule has 4 rings (SSSR count). The molecule has 4 atom stereocenters. The van der Waals surface area contributed by atoms with Crippen molar-refractivity contribution >= 4 is 113 Å². The second-order valence-electron chi connectivity index (χ2n) is 12.3. The fourth-order valence-electron chi connectivity index (χ4n) is 4.98. The lowest BCUT2D eigenvalue weighted by Crippen LogP contribution is -2.43. The van der Waals surface area contributed by atoms with Gasteiger partial charge in [0.2, 0.25) is 17.5 Å². The summed E-state index contributed by atoms with van der Waals surface area (Å²) in [6.45, 7) is 8.94. The van der Waals surface area contributed by atoms with Gasteiger partial charge in [-0.2, -0.15) is 0 Å². The molecule has 0 aliphatic rings. The van der Waals surface area contributed by atoms with Gasteiger partial charge in [-0.15, -0.1) is 0 Å². The van der Waals surface area contributed by atoms with Crippen LogP contribution in [0.4, 0.5) is 0 Å². The number of thioether (sulfide) groups is 4. The van der Waals surface area contributed by atoms with E-state index < -0.39 is 5.41 Å². The summed E-state index contributed by atoms with van der Waals surface area (Å²) in [6.07, 6.45) is 0. The maximum atomic E-state index is 6.35. The first-order valence-electron chi connectivity index (χ1n) is 17.1. The van der Waals surface area contributed by atoms with Crippen LogP contribution in [0.1, 0.15) is 70.9 Å². The van der Waals surface area contributed by atoms with E-state index in [-0.39, 0.29) is 47.4 Å². The molecule has 0 aromatic heterocycles. The van der Waals surface area contributed by atoms with Crippen molar-refractivity contribution in [2.24, 2.45) is 5.41 Å². The third-order valence-electron chi connectivity index (χ3n) is 8.15. The van der Waals surface area contributed by atoms with Crippen LogP contribution in [0.25, 0.3) is 0 Å². The fraction of sp³-hybridized carbons (Fsp3) is 0.317. The normalized spacial score (nSPS) is 14.4. The lowest BCUT2D eigenvalue weighted by atomic mass is 9.92. The average molecular weight is 857 g/mol. The minimum Gasteiger partial charge on any atom is -0.478 e. The van der Waals surface area contributed by atoms with Gasteiger partial charge in [-0.05, 0) is 98.8 Å². The Balaban J connectivity index is 1.52. The number of hydrogen-bond donors (Lipinski definition) is 0. The summed E-state index contributed by atoms with van der Waals surface area (Å²) < 4.78 is 27.0. The third kappa shape index (κ3) is 15.5. The minimum atomic E-state index is -0.886. The Labute approximate surface area is 353 Å². The topological polar surface area (TPSA) is 36.9 Å². The Morgan fingerprint density at radius 1 is 0.396 bits per heavy atom. The zero-order valence-electron chi connectivity index (χ0n) is 30.1. The van der Waals surface area contributed by atoms with Crippen LogP contribution in [0.2, 0.25) is 0 Å². The van der Waals surface area contributed by atoms with E-state index in [1.807, 2.05) is 72.8 Å². The van der Waals surface area contributed by atoms with Gasteiger partial charge in [0.15, 0.2) is 0 Å². The Morgan fingerprint density at radius 2 is 0.585 bits per heavy atom. The molecule has 0 saturated carbocycles. The number of ether oxygens (including phenoxy) is 4. The third-order valence-corrected chi connectivity index (χ3v) is 13.5. The Kier molecular flexibility index (Phi) is 18.9. The molecule has 0 N–H and O–H groups in total. The predicted octanol–water partition coefficient (Wildman–Crippen LogP) is 13.2. The number of rotatable bonds is 16. The molecular weight excluding hydrogens is 813 g/mol. The first-order valence-corrected chi connectivity index (χ1v) is 22.2. The molecule has 0 fully saturated rings. The van der Waals surface area contributed by atoms with Crippen molar-refractivity contribution in [1.82, 2.24) is 0 Å². The smallest absolute Gasteiger partial charge is 0.220 e. The van der Waals surface area contributed by atoms with Gasteiger partial charge in [0.05, 0.1) is 0 Å². The van der Waals surface area contributed by atoms with E-state index in [0.29, 0.717) is 17.5 Å². The molecule has 0 saturated heterocycles. The van der Waals surface area contributed by atoms with Crippen LogP contribution in [-0.2, 0) is 18.9 Å². The van der Waals surface area contributed by atoms with Crippen LogP contribution in [0, 0.1) is 5.41 Å². The highest BCUT2D eigenvalue weighted by molar-refractivity contribution is 8.23. The van der Waals surface area contributed by atoms with Gasteiger partial charge in [-0.3, -0.25) is 0 Å². The molecular formula is C41H44O4S8. The van der Waals surface area contributed by atoms with Gasteiger partial charge in [0.25, 0.3) is 0 Å². The maximum absolute atomic E-state index is 6.35. The van der Waals surface area contributed by atoms with Gasteiger partial charge in [0, 0.05) is 21.0 Å². The molecule has 53 heavy (non-hydrogen) atoms. The molecule has 4 nitrogen and oxygen atoms in total. The van der Waals surface area contributed by atoms with Crippen LogP contribution >= 0.6 is 95.9 Å². The van der Waals surface area contributed by atoms with Crippen molar-refractivity contribution in [2.45, 2.75) is 48.7 Å². The molecule has 0 bridgehead atoms. The van der Waals surface area contributed by atoms with E-state index in [2.05, 4.69) is 76.2 Å². The summed E-state index contributed by atoms with van der Waals surface area (Å²) >= 11 is 29.0. The highest BCUT2D eigenvalue weighted by atomic mass is 32.2. The van der Waals surface area contributed by atoms with Crippen LogP contribution in [0.5, 0.6) is 0 Å². The van der Waals surface area contributed by atoms with Crippen molar-refractivity contribution in [3.8, 4) is 0 Å². The summed E-state index contributed by atoms with van der Waals surface area (Å²) in [6, 6.07) is 40.8. The highest BCUT2D eigenvalue weighted by Gasteiger charge is 2.37. The van der Waals surface area contributed by atoms with Gasteiger partial charge < -0.3 is 18.9 Å². The molecule has 0 spiro atoms. The van der Waals surface area contributed by atoms with Gasteiger partial charge >= 0.3 is 0 Å². The standard InChI is InChI=1S/C41H44O4S8/c1-29(33-17-9-5-10-18-33)50-37(46)42-25-41(26-43-38(47)51-30(2)34-19-11-6-12-20-34,27-44-39(48)52-31(3)35-21-13-7-14-22-35)28-45-40(49)53-32(4)36-23-15-8-16-24-36/h5-24,29-32H,25-28H2,1-4H3. The van der Waals surface area contributed by atoms with E-state index >= 15 is 0 Å². The monoisotopic (exact) mass is 856 g/mol. The largest absolute Gasteiger partial charge is 0.478 e. The second kappa shape index (κ2) is 23.0. The molecule has 0 radical (unpaired) electrons. The van der Waals surface area contributed by atoms with Crippen LogP contribution in [-0.4, -0.2) is 44.0 Å². The molecule has 0 amide bonds. The van der Waals surface area contributed by atoms with Gasteiger partial charge in [0.1, 0.15) is 31.8 Å². The molecule has 4 aromatic carbocycles. The molecule has 0 aliphatic carbocycles. The lowest BCUT2D eigenvalue weighted by Gasteiger charge is -2.33. The number of benzene rings is 4. The molecule has 4 unspecified atom stereocenters. The summed E-state index contributed by atoms with van der Waals surface area (Å²) in [7, 11) is 0. The van der Waals surface area contributed by atoms with E-state index in [1.54, 1.807) is 0 Å². The first kappa shape index (κ1) is 43.6. The first-order chi connectivity index (χ1) is 25.5. The van der Waals surface area contributed by atoms with E-state index in [1.165, 1.54) is 47.0 Å². The van der Waals surface area contributed by atoms with E-state index in [4.69, 9.17) is 67.8 Å². The average Bonchev–Trinajstić information content (AvgIpc) is 3.18. The summed E-state index contributed by atoms with van der Waals surface area (Å²) in [5.74, 6) is 0. The van der Waals surface area contributed by atoms with Crippen LogP contribution in [0.3, 0.4) is 0 Å². The SMILES string of the molecule is CC(SC(=S)OCC(COC(=S)SC(C)c1ccccc1)(COC(=S)SC(C)c1ccccc1)COC(=S)SC(C)c1ccccc1)c1ccccc1. The Morgan fingerprint density at radius 3 is 0.774 bits per heavy atom. The number of thiocarbonyl (C=S) groups is 4. The van der Waals surface area contributed by atoms with Gasteiger partial charge in [-0.1, -0.05) is 168 Å². The van der Waals surface area contributed by atoms with E-state index in [9.17, 15) is 0 Å². The minimum absolute atomic E-state index is 0.0946. The van der Waals surface area contributed by atoms with Crippen molar-refractivity contribution in [1.29, 1.82) is 0 Å². The highest BCUT2D eigenvalue weighted by Crippen LogP contribution is 2.36. The summed E-state index contributed by atoms with van der Waals surface area (Å²) in [5, 5.41) is 0.379. The van der Waals surface area contributed by atoms with E-state index in [0.717, 1.165) is 22.3 Å². The van der Waals surface area contributed by atoms with Crippen molar-refractivity contribution in [2.75, 3.05) is 26.4 Å². The summed E-state index contributed by atoms with van der Waals surface area (Å²) in [5.41, 5.74) is 3.74. The summed E-state index contributed by atoms with van der Waals surface area (Å²) in [4.78, 5) is 0. The lowest BCUT2D eigenvalue weighted by molar-refractivity contribution is -0.00935. The van der Waals surface area contributed by atoms with Gasteiger partial charge in [-0.25, -0.2) is 0 Å². The molecule has 4 aromatic rings. The molecule has 0 heterocycles. The molecule has 12 heteroatoms. The Bertz CT molecular complexity index is 1470. The zero-order valence-corrected chi connectivity index (χ0v) is 36.6. The van der Waals surface area contributed by atoms with Crippen LogP contribution < -0.4 is 0 Å². The van der Waals surface area contributed by atoms with Crippen molar-refractivity contribution in [3.63, 3.8) is 0 Å². The van der Waals surface area contributed by atoms with Crippen LogP contribution in [0.15, 0.2) is 121 Å². The van der Waals surface area contributed by atoms with Crippen molar-refractivity contribution in [3.05, 3.63) is 144 Å². The molecule has 280 valence electrons. The fourth-order valence-corrected chi connectivity index (χ4v) is 9.78. The zero-order chi connectivity index (χ0) is 38.1.